The van der Waals surface area contributed by atoms with Crippen molar-refractivity contribution in [2.75, 3.05) is 13.1 Å². The Morgan fingerprint density at radius 1 is 1.14 bits per heavy atom. The number of rotatable bonds is 5. The van der Waals surface area contributed by atoms with Gasteiger partial charge in [-0.2, -0.15) is 0 Å². The molecule has 1 aliphatic heterocycles. The molecule has 0 saturated heterocycles. The average molecular weight is 393 g/mol. The molecule has 4 rings (SSSR count). The summed E-state index contributed by atoms with van der Waals surface area (Å²) in [6.45, 7) is 2.89. The molecule has 4 nitrogen and oxygen atoms in total. The van der Waals surface area contributed by atoms with E-state index in [9.17, 15) is 9.59 Å². The highest BCUT2D eigenvalue weighted by atomic mass is 32.1. The van der Waals surface area contributed by atoms with Crippen molar-refractivity contribution in [1.82, 2.24) is 10.2 Å². The van der Waals surface area contributed by atoms with Crippen molar-refractivity contribution in [3.05, 3.63) is 69.9 Å². The van der Waals surface area contributed by atoms with Crippen molar-refractivity contribution in [2.24, 2.45) is 0 Å². The van der Waals surface area contributed by atoms with Gasteiger partial charge in [0.25, 0.3) is 0 Å². The second kappa shape index (κ2) is 8.15. The summed E-state index contributed by atoms with van der Waals surface area (Å²) < 4.78 is 0. The standard InChI is InChI=1S/C23H24N2O2S/c1-2-20-19-11-13-28-21(19)10-12-25(20)23(27)15-24-22(26)14-17-8-5-7-16-6-3-4-9-18(16)17/h3-9,11,13,20H,2,10,12,14-15H2,1H3,(H,24,26). The number of hydrogen-bond donors (Lipinski definition) is 1. The lowest BCUT2D eigenvalue weighted by molar-refractivity contribution is -0.135. The van der Waals surface area contributed by atoms with Gasteiger partial charge in [0.05, 0.1) is 19.0 Å². The first kappa shape index (κ1) is 18.7. The van der Waals surface area contributed by atoms with E-state index in [1.54, 1.807) is 11.3 Å². The van der Waals surface area contributed by atoms with Crippen molar-refractivity contribution in [2.45, 2.75) is 32.2 Å². The number of fused-ring (bicyclic) bond motifs is 2. The second-order valence-corrected chi connectivity index (χ2v) is 8.15. The van der Waals surface area contributed by atoms with Gasteiger partial charge in [-0.15, -0.1) is 11.3 Å². The molecule has 144 valence electrons. The van der Waals surface area contributed by atoms with Crippen LogP contribution >= 0.6 is 11.3 Å². The van der Waals surface area contributed by atoms with Gasteiger partial charge in [-0.05, 0) is 46.2 Å². The molecule has 0 fully saturated rings. The van der Waals surface area contributed by atoms with Gasteiger partial charge in [0.15, 0.2) is 0 Å². The van der Waals surface area contributed by atoms with Gasteiger partial charge < -0.3 is 10.2 Å². The molecule has 2 heterocycles. The third kappa shape index (κ3) is 3.67. The highest BCUT2D eigenvalue weighted by Gasteiger charge is 2.30. The van der Waals surface area contributed by atoms with Gasteiger partial charge in [0.2, 0.25) is 11.8 Å². The SMILES string of the molecule is CCC1c2ccsc2CCN1C(=O)CNC(=O)Cc1cccc2ccccc12. The first-order valence-corrected chi connectivity index (χ1v) is 10.6. The van der Waals surface area contributed by atoms with Crippen molar-refractivity contribution in [1.29, 1.82) is 0 Å². The summed E-state index contributed by atoms with van der Waals surface area (Å²) in [5.41, 5.74) is 2.25. The number of nitrogens with one attached hydrogen (secondary N) is 1. The number of carbonyl (C=O) groups excluding carboxylic acids is 2. The van der Waals surface area contributed by atoms with E-state index in [1.165, 1.54) is 10.4 Å². The summed E-state index contributed by atoms with van der Waals surface area (Å²) in [6.07, 6.45) is 2.07. The van der Waals surface area contributed by atoms with E-state index in [0.717, 1.165) is 35.7 Å². The summed E-state index contributed by atoms with van der Waals surface area (Å²) in [6, 6.07) is 16.3. The maximum atomic E-state index is 12.8. The molecule has 0 saturated carbocycles. The Labute approximate surface area is 169 Å². The van der Waals surface area contributed by atoms with Crippen LogP contribution in [0.15, 0.2) is 53.9 Å². The number of carbonyl (C=O) groups is 2. The molecule has 1 atom stereocenters. The van der Waals surface area contributed by atoms with Gasteiger partial charge in [-0.25, -0.2) is 0 Å². The highest BCUT2D eigenvalue weighted by Crippen LogP contribution is 2.35. The number of benzene rings is 2. The Balaban J connectivity index is 1.39. The molecule has 2 aromatic carbocycles. The zero-order valence-corrected chi connectivity index (χ0v) is 16.8. The molecule has 0 radical (unpaired) electrons. The van der Waals surface area contributed by atoms with Crippen LogP contribution in [0.25, 0.3) is 10.8 Å². The lowest BCUT2D eigenvalue weighted by atomic mass is 9.98. The summed E-state index contributed by atoms with van der Waals surface area (Å²) >= 11 is 1.77. The van der Waals surface area contributed by atoms with Gasteiger partial charge in [-0.1, -0.05) is 49.4 Å². The van der Waals surface area contributed by atoms with Crippen molar-refractivity contribution < 1.29 is 9.59 Å². The molecule has 1 aliphatic rings. The molecule has 3 aromatic rings. The van der Waals surface area contributed by atoms with Crippen LogP contribution in [0, 0.1) is 0 Å². The van der Waals surface area contributed by atoms with Crippen LogP contribution in [-0.4, -0.2) is 29.8 Å². The van der Waals surface area contributed by atoms with Crippen LogP contribution in [0.3, 0.4) is 0 Å². The zero-order chi connectivity index (χ0) is 19.5. The lowest BCUT2D eigenvalue weighted by Gasteiger charge is -2.35. The Bertz CT molecular complexity index is 1010. The molecule has 0 spiro atoms. The van der Waals surface area contributed by atoms with Crippen molar-refractivity contribution >= 4 is 33.9 Å². The molecule has 1 N–H and O–H groups in total. The molecule has 1 unspecified atom stereocenters. The van der Waals surface area contributed by atoms with E-state index in [1.807, 2.05) is 47.4 Å². The van der Waals surface area contributed by atoms with Gasteiger partial charge in [0.1, 0.15) is 0 Å². The third-order valence-electron chi connectivity index (χ3n) is 5.47. The summed E-state index contributed by atoms with van der Waals surface area (Å²) in [4.78, 5) is 28.6. The Hall–Kier alpha value is -2.66. The van der Waals surface area contributed by atoms with Crippen LogP contribution in [0.5, 0.6) is 0 Å². The van der Waals surface area contributed by atoms with Crippen LogP contribution in [0.2, 0.25) is 0 Å². The maximum absolute atomic E-state index is 12.8. The Morgan fingerprint density at radius 2 is 1.96 bits per heavy atom. The van der Waals surface area contributed by atoms with Crippen LogP contribution in [-0.2, 0) is 22.4 Å². The van der Waals surface area contributed by atoms with Gasteiger partial charge in [-0.3, -0.25) is 9.59 Å². The number of thiophene rings is 1. The van der Waals surface area contributed by atoms with Gasteiger partial charge >= 0.3 is 0 Å². The third-order valence-corrected chi connectivity index (χ3v) is 6.47. The number of hydrogen-bond acceptors (Lipinski definition) is 3. The van der Waals surface area contributed by atoms with Gasteiger partial charge in [0, 0.05) is 11.4 Å². The monoisotopic (exact) mass is 392 g/mol. The minimum atomic E-state index is -0.119. The van der Waals surface area contributed by atoms with E-state index in [2.05, 4.69) is 23.7 Å². The molecular formula is C23H24N2O2S. The quantitative estimate of drug-likeness (QED) is 0.711. The molecule has 0 bridgehead atoms. The fraction of sp³-hybridized carbons (Fsp3) is 0.304. The number of nitrogens with zero attached hydrogens (tertiary/aromatic N) is 1. The first-order chi connectivity index (χ1) is 13.7. The highest BCUT2D eigenvalue weighted by molar-refractivity contribution is 7.10. The molecule has 0 aliphatic carbocycles. The van der Waals surface area contributed by atoms with Crippen molar-refractivity contribution in [3.8, 4) is 0 Å². The van der Waals surface area contributed by atoms with E-state index in [-0.39, 0.29) is 30.8 Å². The zero-order valence-electron chi connectivity index (χ0n) is 16.0. The average Bonchev–Trinajstić information content (AvgIpc) is 3.20. The molecule has 1 aromatic heterocycles. The predicted molar refractivity (Wildman–Crippen MR) is 113 cm³/mol. The topological polar surface area (TPSA) is 49.4 Å². The fourth-order valence-electron chi connectivity index (χ4n) is 4.09. The molecular weight excluding hydrogens is 368 g/mol. The number of amides is 2. The van der Waals surface area contributed by atoms with E-state index >= 15 is 0 Å². The lowest BCUT2D eigenvalue weighted by Crippen LogP contribution is -2.45. The minimum absolute atomic E-state index is 0.00466. The van der Waals surface area contributed by atoms with Crippen molar-refractivity contribution in [3.63, 3.8) is 0 Å². The van der Waals surface area contributed by atoms with E-state index in [0.29, 0.717) is 0 Å². The predicted octanol–water partition coefficient (Wildman–Crippen LogP) is 4.10. The summed E-state index contributed by atoms with van der Waals surface area (Å²) in [5, 5.41) is 7.13. The smallest absolute Gasteiger partial charge is 0.242 e. The van der Waals surface area contributed by atoms with E-state index in [4.69, 9.17) is 0 Å². The second-order valence-electron chi connectivity index (χ2n) is 7.15. The molecule has 28 heavy (non-hydrogen) atoms. The molecule has 2 amide bonds. The summed E-state index contributed by atoms with van der Waals surface area (Å²) in [7, 11) is 0. The Kier molecular flexibility index (Phi) is 5.44. The molecule has 5 heteroatoms. The van der Waals surface area contributed by atoms with E-state index < -0.39 is 0 Å². The Morgan fingerprint density at radius 3 is 2.82 bits per heavy atom. The first-order valence-electron chi connectivity index (χ1n) is 9.76. The van der Waals surface area contributed by atoms with Crippen LogP contribution in [0.4, 0.5) is 0 Å². The minimum Gasteiger partial charge on any atom is -0.347 e. The fourth-order valence-corrected chi connectivity index (χ4v) is 5.02. The summed E-state index contributed by atoms with van der Waals surface area (Å²) in [5.74, 6) is -0.124. The largest absolute Gasteiger partial charge is 0.347 e. The normalized spacial score (nSPS) is 16.0. The van der Waals surface area contributed by atoms with Crippen LogP contribution in [0.1, 0.15) is 35.4 Å². The van der Waals surface area contributed by atoms with Crippen LogP contribution < -0.4 is 5.32 Å². The maximum Gasteiger partial charge on any atom is 0.242 e.